The van der Waals surface area contributed by atoms with E-state index in [2.05, 4.69) is 10.1 Å². The first-order valence-corrected chi connectivity index (χ1v) is 5.79. The largest absolute Gasteiger partial charge is 0.507 e. The van der Waals surface area contributed by atoms with Gasteiger partial charge in [-0.2, -0.15) is 4.98 Å². The number of aromatic hydroxyl groups is 3. The zero-order chi connectivity index (χ0) is 14.1. The minimum atomic E-state index is -0.267. The summed E-state index contributed by atoms with van der Waals surface area (Å²) in [6.45, 7) is 0. The molecule has 3 rings (SSSR count). The van der Waals surface area contributed by atoms with Crippen LogP contribution in [0.1, 0.15) is 0 Å². The third-order valence-corrected chi connectivity index (χ3v) is 2.79. The lowest BCUT2D eigenvalue weighted by Gasteiger charge is -1.98. The van der Waals surface area contributed by atoms with Crippen molar-refractivity contribution in [2.45, 2.75) is 0 Å². The fourth-order valence-electron chi connectivity index (χ4n) is 1.77. The van der Waals surface area contributed by atoms with E-state index >= 15 is 0 Å². The van der Waals surface area contributed by atoms with Gasteiger partial charge in [0.25, 0.3) is 5.89 Å². The first-order chi connectivity index (χ1) is 9.65. The second kappa shape index (κ2) is 4.58. The maximum absolute atomic E-state index is 9.72. The van der Waals surface area contributed by atoms with Crippen LogP contribution < -0.4 is 0 Å². The molecule has 2 aromatic carbocycles. The first kappa shape index (κ1) is 12.0. The van der Waals surface area contributed by atoms with E-state index in [1.807, 2.05) is 0 Å². The summed E-state index contributed by atoms with van der Waals surface area (Å²) in [6.07, 6.45) is 0. The molecule has 0 bridgehead atoms. The van der Waals surface area contributed by atoms with Crippen LogP contribution in [0.3, 0.4) is 0 Å². The molecule has 100 valence electrons. The molecule has 0 spiro atoms. The molecule has 3 aromatic rings. The van der Waals surface area contributed by atoms with Gasteiger partial charge in [-0.3, -0.25) is 0 Å². The van der Waals surface area contributed by atoms with Crippen molar-refractivity contribution in [3.8, 4) is 40.1 Å². The van der Waals surface area contributed by atoms with Crippen molar-refractivity contribution in [2.75, 3.05) is 0 Å². The van der Waals surface area contributed by atoms with E-state index in [4.69, 9.17) is 4.52 Å². The number of rotatable bonds is 2. The number of benzene rings is 2. The average Bonchev–Trinajstić information content (AvgIpc) is 2.92. The van der Waals surface area contributed by atoms with Gasteiger partial charge in [0.15, 0.2) is 11.5 Å². The van der Waals surface area contributed by atoms with Crippen LogP contribution in [0.5, 0.6) is 17.2 Å². The molecule has 0 radical (unpaired) electrons. The van der Waals surface area contributed by atoms with E-state index in [0.717, 1.165) is 0 Å². The summed E-state index contributed by atoms with van der Waals surface area (Å²) in [5.74, 6) is -0.0324. The molecule has 0 amide bonds. The second-order valence-electron chi connectivity index (χ2n) is 4.14. The number of phenolic OH excluding ortho intramolecular Hbond substituents is 3. The normalized spacial score (nSPS) is 10.6. The van der Waals surface area contributed by atoms with Crippen LogP contribution in [0, 0.1) is 0 Å². The third kappa shape index (κ3) is 2.03. The van der Waals surface area contributed by atoms with Crippen LogP contribution in [-0.4, -0.2) is 25.5 Å². The Kier molecular flexibility index (Phi) is 2.76. The summed E-state index contributed by atoms with van der Waals surface area (Å²) in [4.78, 5) is 4.15. The Hall–Kier alpha value is -3.02. The average molecular weight is 270 g/mol. The van der Waals surface area contributed by atoms with Crippen molar-refractivity contribution in [1.82, 2.24) is 10.1 Å². The molecule has 0 aliphatic carbocycles. The number of para-hydroxylation sites is 1. The van der Waals surface area contributed by atoms with Crippen LogP contribution >= 0.6 is 0 Å². The van der Waals surface area contributed by atoms with E-state index in [0.29, 0.717) is 11.1 Å². The molecule has 0 fully saturated rings. The Morgan fingerprint density at radius 3 is 2.40 bits per heavy atom. The molecule has 6 nitrogen and oxygen atoms in total. The summed E-state index contributed by atoms with van der Waals surface area (Å²) < 4.78 is 5.09. The second-order valence-corrected chi connectivity index (χ2v) is 4.14. The van der Waals surface area contributed by atoms with E-state index < -0.39 is 0 Å². The van der Waals surface area contributed by atoms with Gasteiger partial charge in [0, 0.05) is 5.56 Å². The number of aromatic nitrogens is 2. The molecule has 3 N–H and O–H groups in total. The molecule has 0 saturated carbocycles. The molecule has 0 saturated heterocycles. The van der Waals surface area contributed by atoms with Gasteiger partial charge in [-0.1, -0.05) is 17.3 Å². The van der Waals surface area contributed by atoms with Crippen molar-refractivity contribution in [1.29, 1.82) is 0 Å². The molecule has 0 atom stereocenters. The zero-order valence-electron chi connectivity index (χ0n) is 10.2. The summed E-state index contributed by atoms with van der Waals surface area (Å²) in [5.41, 5.74) is 0.917. The summed E-state index contributed by atoms with van der Waals surface area (Å²) in [7, 11) is 0. The first-order valence-electron chi connectivity index (χ1n) is 5.79. The molecule has 20 heavy (non-hydrogen) atoms. The molecular weight excluding hydrogens is 260 g/mol. The van der Waals surface area contributed by atoms with Crippen molar-refractivity contribution < 1.29 is 19.8 Å². The van der Waals surface area contributed by atoms with Crippen molar-refractivity contribution in [3.63, 3.8) is 0 Å². The van der Waals surface area contributed by atoms with E-state index in [1.54, 1.807) is 24.3 Å². The Balaban J connectivity index is 2.02. The molecule has 1 aromatic heterocycles. The van der Waals surface area contributed by atoms with E-state index in [1.165, 1.54) is 18.2 Å². The van der Waals surface area contributed by atoms with Crippen LogP contribution in [0.4, 0.5) is 0 Å². The maximum atomic E-state index is 9.72. The predicted octanol–water partition coefficient (Wildman–Crippen LogP) is 2.52. The highest BCUT2D eigenvalue weighted by Gasteiger charge is 2.14. The highest BCUT2D eigenvalue weighted by atomic mass is 16.5. The SMILES string of the molecule is Oc1ccc(-c2noc(-c3ccccc3O)n2)cc1O. The monoisotopic (exact) mass is 270 g/mol. The summed E-state index contributed by atoms with van der Waals surface area (Å²) in [6, 6.07) is 10.8. The fourth-order valence-corrected chi connectivity index (χ4v) is 1.77. The topological polar surface area (TPSA) is 99.6 Å². The lowest BCUT2D eigenvalue weighted by atomic mass is 10.2. The molecule has 1 heterocycles. The van der Waals surface area contributed by atoms with Crippen LogP contribution in [-0.2, 0) is 0 Å². The quantitative estimate of drug-likeness (QED) is 0.619. The van der Waals surface area contributed by atoms with Crippen molar-refractivity contribution in [2.24, 2.45) is 0 Å². The fraction of sp³-hybridized carbons (Fsp3) is 0. The van der Waals surface area contributed by atoms with Crippen LogP contribution in [0.2, 0.25) is 0 Å². The molecular formula is C14H10N2O4. The lowest BCUT2D eigenvalue weighted by Crippen LogP contribution is -1.82. The molecule has 6 heteroatoms. The van der Waals surface area contributed by atoms with Gasteiger partial charge in [-0.25, -0.2) is 0 Å². The summed E-state index contributed by atoms with van der Waals surface area (Å²) in [5, 5.41) is 32.2. The minimum Gasteiger partial charge on any atom is -0.507 e. The van der Waals surface area contributed by atoms with Gasteiger partial charge in [0.1, 0.15) is 5.75 Å². The van der Waals surface area contributed by atoms with Crippen molar-refractivity contribution >= 4 is 0 Å². The van der Waals surface area contributed by atoms with Gasteiger partial charge in [0.2, 0.25) is 5.82 Å². The summed E-state index contributed by atoms with van der Waals surface area (Å²) >= 11 is 0. The smallest absolute Gasteiger partial charge is 0.261 e. The number of hydrogen-bond donors (Lipinski definition) is 3. The molecule has 0 aliphatic rings. The minimum absolute atomic E-state index is 0.0382. The number of phenols is 3. The van der Waals surface area contributed by atoms with Gasteiger partial charge in [0.05, 0.1) is 5.56 Å². The van der Waals surface area contributed by atoms with Crippen molar-refractivity contribution in [3.05, 3.63) is 42.5 Å². The van der Waals surface area contributed by atoms with Gasteiger partial charge < -0.3 is 19.8 Å². The highest BCUT2D eigenvalue weighted by molar-refractivity contribution is 5.66. The Morgan fingerprint density at radius 2 is 1.65 bits per heavy atom. The molecule has 0 unspecified atom stereocenters. The number of nitrogens with zero attached hydrogens (tertiary/aromatic N) is 2. The van der Waals surface area contributed by atoms with Gasteiger partial charge >= 0.3 is 0 Å². The predicted molar refractivity (Wildman–Crippen MR) is 70.2 cm³/mol. The highest BCUT2D eigenvalue weighted by Crippen LogP contribution is 2.32. The van der Waals surface area contributed by atoms with E-state index in [-0.39, 0.29) is 29.0 Å². The van der Waals surface area contributed by atoms with Crippen LogP contribution in [0.25, 0.3) is 22.8 Å². The number of hydrogen-bond acceptors (Lipinski definition) is 6. The Morgan fingerprint density at radius 1 is 0.850 bits per heavy atom. The van der Waals surface area contributed by atoms with Gasteiger partial charge in [-0.15, -0.1) is 0 Å². The third-order valence-electron chi connectivity index (χ3n) is 2.79. The standard InChI is InChI=1S/C14H10N2O4/c17-10-4-2-1-3-9(10)14-15-13(16-20-14)8-5-6-11(18)12(19)7-8/h1-7,17-19H. The van der Waals surface area contributed by atoms with Crippen LogP contribution in [0.15, 0.2) is 47.0 Å². The van der Waals surface area contributed by atoms with E-state index in [9.17, 15) is 15.3 Å². The zero-order valence-corrected chi connectivity index (χ0v) is 10.2. The molecule has 0 aliphatic heterocycles. The Labute approximate surface area is 113 Å². The van der Waals surface area contributed by atoms with Gasteiger partial charge in [-0.05, 0) is 30.3 Å². The lowest BCUT2D eigenvalue weighted by molar-refractivity contribution is 0.403. The maximum Gasteiger partial charge on any atom is 0.261 e. The Bertz CT molecular complexity index is 767.